The average Bonchev–Trinajstić information content (AvgIpc) is 3.38. The summed E-state index contributed by atoms with van der Waals surface area (Å²) in [5.41, 5.74) is 0. The summed E-state index contributed by atoms with van der Waals surface area (Å²) in [6, 6.07) is 0. The van der Waals surface area contributed by atoms with Crippen LogP contribution in [0.5, 0.6) is 0 Å². The minimum atomic E-state index is 0.414. The van der Waals surface area contributed by atoms with Crippen LogP contribution in [0.2, 0.25) is 0 Å². The van der Waals surface area contributed by atoms with E-state index in [1.165, 1.54) is 51.4 Å². The summed E-state index contributed by atoms with van der Waals surface area (Å²) in [6.45, 7) is 7.24. The van der Waals surface area contributed by atoms with Gasteiger partial charge in [0.1, 0.15) is 6.10 Å². The summed E-state index contributed by atoms with van der Waals surface area (Å²) < 4.78 is 17.0. The summed E-state index contributed by atoms with van der Waals surface area (Å²) in [7, 11) is 0. The molecular formula is C19H34O3. The van der Waals surface area contributed by atoms with E-state index in [9.17, 15) is 0 Å². The third kappa shape index (κ3) is 4.69. The number of hydrogen-bond donors (Lipinski definition) is 0. The zero-order chi connectivity index (χ0) is 15.4. The van der Waals surface area contributed by atoms with Crippen molar-refractivity contribution < 1.29 is 14.2 Å². The number of hydrogen-bond acceptors (Lipinski definition) is 3. The van der Waals surface area contributed by atoms with E-state index in [4.69, 9.17) is 14.2 Å². The first-order valence-electron chi connectivity index (χ1n) is 9.61. The minimum Gasteiger partial charge on any atom is -0.379 e. The molecule has 1 aliphatic heterocycles. The highest BCUT2D eigenvalue weighted by atomic mass is 16.6. The minimum absolute atomic E-state index is 0.414. The van der Waals surface area contributed by atoms with Gasteiger partial charge in [0.2, 0.25) is 0 Å². The van der Waals surface area contributed by atoms with Gasteiger partial charge in [0, 0.05) is 6.61 Å². The van der Waals surface area contributed by atoms with Crippen LogP contribution in [0.15, 0.2) is 0 Å². The lowest BCUT2D eigenvalue weighted by molar-refractivity contribution is -0.00954. The van der Waals surface area contributed by atoms with Crippen molar-refractivity contribution in [1.82, 2.24) is 0 Å². The van der Waals surface area contributed by atoms with E-state index >= 15 is 0 Å². The van der Waals surface area contributed by atoms with Gasteiger partial charge in [-0.25, -0.2) is 0 Å². The Morgan fingerprint density at radius 3 is 1.82 bits per heavy atom. The van der Waals surface area contributed by atoms with E-state index in [1.54, 1.807) is 0 Å². The van der Waals surface area contributed by atoms with Crippen LogP contribution in [0, 0.1) is 17.8 Å². The third-order valence-electron chi connectivity index (χ3n) is 6.25. The zero-order valence-corrected chi connectivity index (χ0v) is 14.5. The first-order chi connectivity index (χ1) is 10.8. The van der Waals surface area contributed by atoms with Crippen LogP contribution in [0.25, 0.3) is 0 Å². The normalized spacial score (nSPS) is 40.4. The summed E-state index contributed by atoms with van der Waals surface area (Å²) >= 11 is 0. The molecule has 0 N–H and O–H groups in total. The van der Waals surface area contributed by atoms with Crippen molar-refractivity contribution >= 4 is 0 Å². The molecule has 0 bridgehead atoms. The second-order valence-corrected chi connectivity index (χ2v) is 7.68. The maximum absolute atomic E-state index is 5.98. The van der Waals surface area contributed by atoms with Crippen LogP contribution in [0.4, 0.5) is 0 Å². The zero-order valence-electron chi connectivity index (χ0n) is 14.5. The molecular weight excluding hydrogens is 276 g/mol. The second-order valence-electron chi connectivity index (χ2n) is 7.68. The van der Waals surface area contributed by atoms with E-state index in [-0.39, 0.29) is 0 Å². The Kier molecular flexibility index (Phi) is 6.17. The Bertz CT molecular complexity index is 313. The molecule has 0 spiro atoms. The van der Waals surface area contributed by atoms with Crippen LogP contribution in [-0.2, 0) is 14.2 Å². The first-order valence-corrected chi connectivity index (χ1v) is 9.61. The van der Waals surface area contributed by atoms with Gasteiger partial charge in [0.15, 0.2) is 0 Å². The predicted octanol–water partition coefficient (Wildman–Crippen LogP) is 4.19. The monoisotopic (exact) mass is 310 g/mol. The van der Waals surface area contributed by atoms with Crippen molar-refractivity contribution in [3.8, 4) is 0 Å². The quantitative estimate of drug-likeness (QED) is 0.661. The van der Waals surface area contributed by atoms with Crippen LogP contribution in [0.3, 0.4) is 0 Å². The molecule has 2 saturated carbocycles. The second kappa shape index (κ2) is 8.12. The molecule has 2 unspecified atom stereocenters. The van der Waals surface area contributed by atoms with Crippen LogP contribution >= 0.6 is 0 Å². The molecule has 2 atom stereocenters. The van der Waals surface area contributed by atoms with Crippen molar-refractivity contribution in [2.24, 2.45) is 17.8 Å². The SMILES string of the molecule is CCOC1CCC(C(C)C2CCC(OCC3CO3)CC2)CC1. The van der Waals surface area contributed by atoms with Gasteiger partial charge < -0.3 is 14.2 Å². The molecule has 22 heavy (non-hydrogen) atoms. The standard InChI is InChI=1S/C19H34O3/c1-3-20-17-8-4-15(5-9-17)14(2)16-6-10-18(11-7-16)21-12-19-13-22-19/h14-19H,3-13H2,1-2H3. The molecule has 0 aromatic heterocycles. The van der Waals surface area contributed by atoms with E-state index in [2.05, 4.69) is 13.8 Å². The molecule has 1 heterocycles. The number of ether oxygens (including phenoxy) is 3. The van der Waals surface area contributed by atoms with Crippen LogP contribution in [-0.4, -0.2) is 38.1 Å². The average molecular weight is 310 g/mol. The molecule has 0 radical (unpaired) electrons. The molecule has 0 aromatic rings. The lowest BCUT2D eigenvalue weighted by Gasteiger charge is -2.39. The Morgan fingerprint density at radius 1 is 0.864 bits per heavy atom. The fourth-order valence-corrected chi connectivity index (χ4v) is 4.59. The fourth-order valence-electron chi connectivity index (χ4n) is 4.59. The number of rotatable bonds is 7. The maximum Gasteiger partial charge on any atom is 0.104 e. The van der Waals surface area contributed by atoms with Gasteiger partial charge in [-0.05, 0) is 76.0 Å². The Hall–Kier alpha value is -0.120. The van der Waals surface area contributed by atoms with E-state index in [0.29, 0.717) is 18.3 Å². The summed E-state index contributed by atoms with van der Waals surface area (Å²) in [6.07, 6.45) is 12.0. The first kappa shape index (κ1) is 16.7. The van der Waals surface area contributed by atoms with Crippen LogP contribution < -0.4 is 0 Å². The summed E-state index contributed by atoms with van der Waals surface area (Å²) in [5, 5.41) is 0. The Morgan fingerprint density at radius 2 is 1.36 bits per heavy atom. The number of epoxide rings is 1. The van der Waals surface area contributed by atoms with E-state index < -0.39 is 0 Å². The molecule has 3 rings (SSSR count). The summed E-state index contributed by atoms with van der Waals surface area (Å²) in [5.74, 6) is 2.74. The largest absolute Gasteiger partial charge is 0.379 e. The van der Waals surface area contributed by atoms with Crippen molar-refractivity contribution in [2.45, 2.75) is 83.5 Å². The molecule has 3 heteroatoms. The van der Waals surface area contributed by atoms with Gasteiger partial charge >= 0.3 is 0 Å². The predicted molar refractivity (Wildman–Crippen MR) is 88.0 cm³/mol. The molecule has 3 nitrogen and oxygen atoms in total. The molecule has 0 amide bonds. The lowest BCUT2D eigenvalue weighted by Crippen LogP contribution is -2.32. The molecule has 3 fully saturated rings. The van der Waals surface area contributed by atoms with Crippen LogP contribution in [0.1, 0.15) is 65.2 Å². The topological polar surface area (TPSA) is 31.0 Å². The summed E-state index contributed by atoms with van der Waals surface area (Å²) in [4.78, 5) is 0. The highest BCUT2D eigenvalue weighted by Crippen LogP contribution is 2.40. The van der Waals surface area contributed by atoms with Crippen molar-refractivity contribution in [1.29, 1.82) is 0 Å². The van der Waals surface area contributed by atoms with E-state index in [0.717, 1.165) is 37.6 Å². The van der Waals surface area contributed by atoms with Crippen molar-refractivity contribution in [2.75, 3.05) is 19.8 Å². The van der Waals surface area contributed by atoms with Gasteiger partial charge in [-0.3, -0.25) is 0 Å². The van der Waals surface area contributed by atoms with Gasteiger partial charge in [-0.2, -0.15) is 0 Å². The van der Waals surface area contributed by atoms with Gasteiger partial charge in [-0.15, -0.1) is 0 Å². The molecule has 128 valence electrons. The fraction of sp³-hybridized carbons (Fsp3) is 1.00. The van der Waals surface area contributed by atoms with Gasteiger partial charge in [0.25, 0.3) is 0 Å². The van der Waals surface area contributed by atoms with Gasteiger partial charge in [-0.1, -0.05) is 6.92 Å². The molecule has 1 saturated heterocycles. The highest BCUT2D eigenvalue weighted by Gasteiger charge is 2.33. The lowest BCUT2D eigenvalue weighted by atomic mass is 9.70. The Labute approximate surface area is 136 Å². The third-order valence-corrected chi connectivity index (χ3v) is 6.25. The molecule has 2 aliphatic carbocycles. The molecule has 3 aliphatic rings. The van der Waals surface area contributed by atoms with E-state index in [1.807, 2.05) is 0 Å². The van der Waals surface area contributed by atoms with Crippen molar-refractivity contribution in [3.63, 3.8) is 0 Å². The van der Waals surface area contributed by atoms with Crippen molar-refractivity contribution in [3.05, 3.63) is 0 Å². The highest BCUT2D eigenvalue weighted by molar-refractivity contribution is 4.83. The smallest absolute Gasteiger partial charge is 0.104 e. The van der Waals surface area contributed by atoms with Gasteiger partial charge in [0.05, 0.1) is 25.4 Å². The molecule has 0 aromatic carbocycles. The maximum atomic E-state index is 5.98. The Balaban J connectivity index is 1.35.